The molecule has 318 valence electrons. The van der Waals surface area contributed by atoms with Crippen molar-refractivity contribution in [2.24, 2.45) is 57.2 Å². The molecule has 0 aromatic rings. The van der Waals surface area contributed by atoms with E-state index >= 15 is 0 Å². The van der Waals surface area contributed by atoms with Gasteiger partial charge in [-0.25, -0.2) is 0 Å². The van der Waals surface area contributed by atoms with Gasteiger partial charge in [0.15, 0.2) is 23.1 Å². The summed E-state index contributed by atoms with van der Waals surface area (Å²) in [5.74, 6) is -2.08. The van der Waals surface area contributed by atoms with Crippen LogP contribution >= 0.6 is 0 Å². The summed E-state index contributed by atoms with van der Waals surface area (Å²) in [5.41, 5.74) is -3.89. The third-order valence-corrected chi connectivity index (χ3v) is 18.7. The maximum absolute atomic E-state index is 13.6. The SMILES string of the molecule is C[C@]12CC[C@H]3[C@@H](CCC4=CC(=O)CC(OC(=O)CCC(=O)OC5CC(=O)C=C6CC[C@H]7[C@@H]8CC[C@](O)(C(=O)CO)[C@@]8(C)CC[C@@H]7[C@]65C)[C@@]43C)[C@@H]1CC[C@]2(O)C(=O)CO. The second-order valence-electron chi connectivity index (χ2n) is 20.4. The molecule has 6 saturated carbocycles. The Bertz CT molecular complexity index is 1730. The lowest BCUT2D eigenvalue weighted by atomic mass is 9.45. The Balaban J connectivity index is 0.942. The average molecular weight is 807 g/mol. The summed E-state index contributed by atoms with van der Waals surface area (Å²) in [6, 6.07) is 0. The van der Waals surface area contributed by atoms with Crippen molar-refractivity contribution in [2.75, 3.05) is 13.2 Å². The highest BCUT2D eigenvalue weighted by molar-refractivity contribution is 5.94. The number of aliphatic hydroxyl groups excluding tert-OH is 2. The zero-order valence-corrected chi connectivity index (χ0v) is 34.6. The highest BCUT2D eigenvalue weighted by Crippen LogP contribution is 2.69. The van der Waals surface area contributed by atoms with Crippen molar-refractivity contribution in [1.82, 2.24) is 0 Å². The number of Topliss-reactive ketones (excluding diaryl/α,β-unsaturated/α-hetero) is 2. The van der Waals surface area contributed by atoms with Crippen LogP contribution in [0.3, 0.4) is 0 Å². The van der Waals surface area contributed by atoms with Crippen molar-refractivity contribution in [3.8, 4) is 0 Å². The van der Waals surface area contributed by atoms with Gasteiger partial charge in [0.1, 0.15) is 36.6 Å². The summed E-state index contributed by atoms with van der Waals surface area (Å²) in [6.07, 6.45) is 8.74. The molecule has 0 amide bonds. The maximum Gasteiger partial charge on any atom is 0.306 e. The van der Waals surface area contributed by atoms with Gasteiger partial charge in [0, 0.05) is 34.5 Å². The van der Waals surface area contributed by atoms with Gasteiger partial charge in [-0.3, -0.25) is 28.8 Å². The molecule has 0 aromatic heterocycles. The molecule has 58 heavy (non-hydrogen) atoms. The molecule has 8 aliphatic rings. The number of ether oxygens (including phenoxy) is 2. The number of hydrogen-bond donors (Lipinski definition) is 4. The van der Waals surface area contributed by atoms with Crippen LogP contribution < -0.4 is 0 Å². The lowest BCUT2D eigenvalue weighted by molar-refractivity contribution is -0.179. The average Bonchev–Trinajstić information content (AvgIpc) is 3.63. The Kier molecular flexibility index (Phi) is 10.2. The van der Waals surface area contributed by atoms with Gasteiger partial charge in [0.25, 0.3) is 0 Å². The van der Waals surface area contributed by atoms with Crippen LogP contribution in [0.15, 0.2) is 23.3 Å². The second kappa shape index (κ2) is 14.3. The fourth-order valence-corrected chi connectivity index (χ4v) is 15.3. The molecule has 4 N–H and O–H groups in total. The predicted octanol–water partition coefficient (Wildman–Crippen LogP) is 4.46. The van der Waals surface area contributed by atoms with Gasteiger partial charge in [0.05, 0.1) is 12.8 Å². The van der Waals surface area contributed by atoms with Crippen molar-refractivity contribution in [3.05, 3.63) is 23.3 Å². The largest absolute Gasteiger partial charge is 0.461 e. The summed E-state index contributed by atoms with van der Waals surface area (Å²) >= 11 is 0. The fourth-order valence-electron chi connectivity index (χ4n) is 15.3. The first kappa shape index (κ1) is 41.7. The summed E-state index contributed by atoms with van der Waals surface area (Å²) in [7, 11) is 0. The molecule has 2 unspecified atom stereocenters. The van der Waals surface area contributed by atoms with Crippen LogP contribution in [-0.4, -0.2) is 92.1 Å². The normalized spacial score (nSPS) is 46.6. The minimum absolute atomic E-state index is 0.0279. The zero-order valence-electron chi connectivity index (χ0n) is 34.6. The molecule has 6 fully saturated rings. The van der Waals surface area contributed by atoms with E-state index in [9.17, 15) is 49.2 Å². The Morgan fingerprint density at radius 2 is 0.948 bits per heavy atom. The molecule has 0 bridgehead atoms. The number of rotatable bonds is 9. The number of carbonyl (C=O) groups is 6. The lowest BCUT2D eigenvalue weighted by Gasteiger charge is -2.60. The number of ketones is 4. The van der Waals surface area contributed by atoms with E-state index in [1.807, 2.05) is 13.8 Å². The topological polar surface area (TPSA) is 202 Å². The molecule has 0 saturated heterocycles. The van der Waals surface area contributed by atoms with E-state index < -0.39 is 81.8 Å². The van der Waals surface area contributed by atoms with Crippen molar-refractivity contribution in [1.29, 1.82) is 0 Å². The monoisotopic (exact) mass is 806 g/mol. The van der Waals surface area contributed by atoms with Gasteiger partial charge in [0.2, 0.25) is 0 Å². The van der Waals surface area contributed by atoms with E-state index in [0.717, 1.165) is 24.0 Å². The van der Waals surface area contributed by atoms with Crippen molar-refractivity contribution >= 4 is 35.1 Å². The van der Waals surface area contributed by atoms with Crippen molar-refractivity contribution < 1.29 is 58.7 Å². The van der Waals surface area contributed by atoms with Crippen LogP contribution in [0, 0.1) is 57.2 Å². The number of hydrogen-bond acceptors (Lipinski definition) is 12. The molecule has 0 spiro atoms. The van der Waals surface area contributed by atoms with Crippen molar-refractivity contribution in [3.63, 3.8) is 0 Å². The first-order chi connectivity index (χ1) is 27.3. The van der Waals surface area contributed by atoms with Crippen LogP contribution in [0.25, 0.3) is 0 Å². The molecule has 0 radical (unpaired) electrons. The smallest absolute Gasteiger partial charge is 0.306 e. The van der Waals surface area contributed by atoms with E-state index in [1.54, 1.807) is 12.2 Å². The summed E-state index contributed by atoms with van der Waals surface area (Å²) in [5, 5.41) is 42.7. The van der Waals surface area contributed by atoms with Gasteiger partial charge in [-0.1, -0.05) is 38.8 Å². The lowest BCUT2D eigenvalue weighted by Crippen LogP contribution is -2.60. The van der Waals surface area contributed by atoms with Crippen molar-refractivity contribution in [2.45, 2.75) is 154 Å². The summed E-state index contributed by atoms with van der Waals surface area (Å²) < 4.78 is 12.3. The molecule has 0 heterocycles. The van der Waals surface area contributed by atoms with Gasteiger partial charge >= 0.3 is 11.9 Å². The molecule has 8 rings (SSSR count). The zero-order chi connectivity index (χ0) is 41.8. The van der Waals surface area contributed by atoms with Crippen LogP contribution in [0.1, 0.15) is 130 Å². The van der Waals surface area contributed by atoms with Crippen LogP contribution in [0.2, 0.25) is 0 Å². The Morgan fingerprint density at radius 3 is 1.31 bits per heavy atom. The van der Waals surface area contributed by atoms with Gasteiger partial charge < -0.3 is 29.9 Å². The Labute approximate surface area is 340 Å². The van der Waals surface area contributed by atoms with E-state index in [0.29, 0.717) is 64.2 Å². The number of esters is 2. The van der Waals surface area contributed by atoms with E-state index in [1.165, 1.54) is 0 Å². The van der Waals surface area contributed by atoms with E-state index in [4.69, 9.17) is 9.47 Å². The summed E-state index contributed by atoms with van der Waals surface area (Å²) in [6.45, 7) is 6.69. The number of carbonyl (C=O) groups excluding carboxylic acids is 6. The molecule has 12 nitrogen and oxygen atoms in total. The maximum atomic E-state index is 13.6. The predicted molar refractivity (Wildman–Crippen MR) is 207 cm³/mol. The fraction of sp³-hybridized carbons (Fsp3) is 0.783. The third kappa shape index (κ3) is 5.73. The van der Waals surface area contributed by atoms with Crippen LogP contribution in [0.4, 0.5) is 0 Å². The molecule has 0 aromatic carbocycles. The first-order valence-corrected chi connectivity index (χ1v) is 21.9. The molecule has 0 aliphatic heterocycles. The van der Waals surface area contributed by atoms with Crippen LogP contribution in [0.5, 0.6) is 0 Å². The number of fused-ring (bicyclic) bond motifs is 10. The molecule has 14 atom stereocenters. The molecule has 12 heteroatoms. The molecule has 8 aliphatic carbocycles. The van der Waals surface area contributed by atoms with Gasteiger partial charge in [-0.2, -0.15) is 0 Å². The second-order valence-corrected chi connectivity index (χ2v) is 20.4. The summed E-state index contributed by atoms with van der Waals surface area (Å²) in [4.78, 5) is 79.0. The van der Waals surface area contributed by atoms with Crippen LogP contribution in [-0.2, 0) is 38.2 Å². The third-order valence-electron chi connectivity index (χ3n) is 18.7. The highest BCUT2D eigenvalue weighted by Gasteiger charge is 2.69. The Morgan fingerprint density at radius 1 is 0.586 bits per heavy atom. The minimum atomic E-state index is -1.58. The van der Waals surface area contributed by atoms with Gasteiger partial charge in [-0.05, 0) is 125 Å². The van der Waals surface area contributed by atoms with E-state index in [-0.39, 0.29) is 72.8 Å². The Hall–Kier alpha value is -3.06. The number of aliphatic hydroxyl groups is 4. The van der Waals surface area contributed by atoms with E-state index in [2.05, 4.69) is 13.8 Å². The standard InChI is InChI=1S/C46H62O12/c1-41-15-11-33-29(31(41)13-17-45(41,55)35(51)23-47)7-5-25-19-27(49)21-37(43(25,33)3)57-39(53)9-10-40(54)58-38-22-28(50)20-26-6-8-30-32-14-18-46(56,36(52)24-48)42(32,2)16-12-34(30)44(26,38)4/h19-20,29-34,37-38,47-48,55-56H,5-18,21-24H2,1-4H3/t29-,30-,31-,32-,33-,34-,37?,38?,41-,42-,43-,44-,45-,46-/m0/s1. The molecular weight excluding hydrogens is 744 g/mol. The highest BCUT2D eigenvalue weighted by atomic mass is 16.6. The quantitative estimate of drug-likeness (QED) is 0.239. The first-order valence-electron chi connectivity index (χ1n) is 21.9. The van der Waals surface area contributed by atoms with Gasteiger partial charge in [-0.15, -0.1) is 0 Å². The minimum Gasteiger partial charge on any atom is -0.461 e. The molecular formula is C46H62O12.